The molecule has 3 rings (SSSR count). The normalized spacial score (nSPS) is 25.6. The minimum Gasteiger partial charge on any atom is -0.385 e. The lowest BCUT2D eigenvalue weighted by Gasteiger charge is -2.46. The van der Waals surface area contributed by atoms with Crippen molar-refractivity contribution in [3.8, 4) is 0 Å². The molecule has 24 heavy (non-hydrogen) atoms. The van der Waals surface area contributed by atoms with Gasteiger partial charge in [-0.05, 0) is 50.2 Å². The SMILES string of the molecule is CN(C)C(c1ccccc1)C1CCCCC1(O)c1ccc(Cl)cc1. The molecule has 3 unspecified atom stereocenters. The third-order valence-electron chi connectivity index (χ3n) is 5.36. The van der Waals surface area contributed by atoms with Crippen LogP contribution in [0.2, 0.25) is 5.02 Å². The van der Waals surface area contributed by atoms with Gasteiger partial charge in [-0.15, -0.1) is 0 Å². The van der Waals surface area contributed by atoms with Gasteiger partial charge in [-0.25, -0.2) is 0 Å². The molecule has 1 N–H and O–H groups in total. The molecule has 1 saturated carbocycles. The third kappa shape index (κ3) is 3.37. The van der Waals surface area contributed by atoms with Gasteiger partial charge in [-0.2, -0.15) is 0 Å². The highest BCUT2D eigenvalue weighted by atomic mass is 35.5. The van der Waals surface area contributed by atoms with E-state index in [1.54, 1.807) is 0 Å². The van der Waals surface area contributed by atoms with Crippen LogP contribution >= 0.6 is 11.6 Å². The molecule has 1 aliphatic rings. The lowest BCUT2D eigenvalue weighted by molar-refractivity contribution is -0.0837. The van der Waals surface area contributed by atoms with E-state index in [9.17, 15) is 5.11 Å². The minimum absolute atomic E-state index is 0.157. The average molecular weight is 344 g/mol. The van der Waals surface area contributed by atoms with Crippen molar-refractivity contribution in [2.45, 2.75) is 37.3 Å². The first kappa shape index (κ1) is 17.5. The van der Waals surface area contributed by atoms with Gasteiger partial charge in [-0.1, -0.05) is 66.9 Å². The highest BCUT2D eigenvalue weighted by molar-refractivity contribution is 6.30. The van der Waals surface area contributed by atoms with Crippen molar-refractivity contribution in [1.82, 2.24) is 4.90 Å². The molecular weight excluding hydrogens is 318 g/mol. The molecule has 0 aliphatic heterocycles. The minimum atomic E-state index is -0.812. The second-order valence-corrected chi connectivity index (χ2v) is 7.54. The molecule has 0 amide bonds. The van der Waals surface area contributed by atoms with Gasteiger partial charge in [0.25, 0.3) is 0 Å². The Hall–Kier alpha value is -1.35. The Kier molecular flexibility index (Phi) is 5.29. The zero-order valence-corrected chi connectivity index (χ0v) is 15.2. The van der Waals surface area contributed by atoms with E-state index in [0.717, 1.165) is 31.2 Å². The van der Waals surface area contributed by atoms with Crippen molar-refractivity contribution in [1.29, 1.82) is 0 Å². The van der Waals surface area contributed by atoms with Crippen LogP contribution in [0.5, 0.6) is 0 Å². The van der Waals surface area contributed by atoms with Crippen LogP contribution in [0.4, 0.5) is 0 Å². The maximum atomic E-state index is 11.7. The summed E-state index contributed by atoms with van der Waals surface area (Å²) in [5, 5.41) is 12.4. The second-order valence-electron chi connectivity index (χ2n) is 7.10. The topological polar surface area (TPSA) is 23.5 Å². The first-order valence-corrected chi connectivity index (χ1v) is 9.10. The molecule has 2 aromatic rings. The molecule has 0 heterocycles. The van der Waals surface area contributed by atoms with E-state index >= 15 is 0 Å². The Bertz CT molecular complexity index is 655. The maximum absolute atomic E-state index is 11.7. The summed E-state index contributed by atoms with van der Waals surface area (Å²) in [6.07, 6.45) is 4.05. The summed E-state index contributed by atoms with van der Waals surface area (Å²) in [5.41, 5.74) is 1.44. The zero-order chi connectivity index (χ0) is 17.2. The Morgan fingerprint density at radius 1 is 1.04 bits per heavy atom. The fraction of sp³-hybridized carbons (Fsp3) is 0.429. The molecule has 1 fully saturated rings. The number of hydrogen-bond donors (Lipinski definition) is 1. The fourth-order valence-electron chi connectivity index (χ4n) is 4.24. The first-order chi connectivity index (χ1) is 11.5. The Labute approximate surface area is 150 Å². The van der Waals surface area contributed by atoms with Crippen molar-refractivity contribution in [2.75, 3.05) is 14.1 Å². The molecule has 128 valence electrons. The molecule has 0 radical (unpaired) electrons. The number of halogens is 1. The van der Waals surface area contributed by atoms with Crippen LogP contribution in [0, 0.1) is 5.92 Å². The summed E-state index contributed by atoms with van der Waals surface area (Å²) >= 11 is 6.05. The van der Waals surface area contributed by atoms with Gasteiger partial charge in [0.2, 0.25) is 0 Å². The number of benzene rings is 2. The van der Waals surface area contributed by atoms with Crippen molar-refractivity contribution < 1.29 is 5.11 Å². The molecule has 1 aliphatic carbocycles. The van der Waals surface area contributed by atoms with Crippen LogP contribution in [0.3, 0.4) is 0 Å². The monoisotopic (exact) mass is 343 g/mol. The van der Waals surface area contributed by atoms with Gasteiger partial charge >= 0.3 is 0 Å². The van der Waals surface area contributed by atoms with Crippen LogP contribution in [-0.2, 0) is 5.60 Å². The molecule has 0 spiro atoms. The van der Waals surface area contributed by atoms with E-state index in [1.165, 1.54) is 5.56 Å². The molecule has 3 heteroatoms. The van der Waals surface area contributed by atoms with E-state index in [4.69, 9.17) is 11.6 Å². The van der Waals surface area contributed by atoms with Crippen LogP contribution in [0.15, 0.2) is 54.6 Å². The van der Waals surface area contributed by atoms with Crippen molar-refractivity contribution in [3.63, 3.8) is 0 Å². The standard InChI is InChI=1S/C21H26ClNO/c1-23(2)20(16-8-4-3-5-9-16)19-10-6-7-15-21(19,24)17-11-13-18(22)14-12-17/h3-5,8-9,11-14,19-20,24H,6-7,10,15H2,1-2H3. The number of rotatable bonds is 4. The Morgan fingerprint density at radius 2 is 1.71 bits per heavy atom. The lowest BCUT2D eigenvalue weighted by atomic mass is 9.67. The molecule has 0 bridgehead atoms. The second kappa shape index (κ2) is 7.26. The summed E-state index contributed by atoms with van der Waals surface area (Å²) in [5.74, 6) is 0.157. The highest BCUT2D eigenvalue weighted by Crippen LogP contribution is 2.49. The average Bonchev–Trinajstić information content (AvgIpc) is 2.58. The van der Waals surface area contributed by atoms with Gasteiger partial charge in [0.15, 0.2) is 0 Å². The van der Waals surface area contributed by atoms with Crippen LogP contribution in [0.1, 0.15) is 42.9 Å². The summed E-state index contributed by atoms with van der Waals surface area (Å²) in [6.45, 7) is 0. The molecule has 0 aromatic heterocycles. The summed E-state index contributed by atoms with van der Waals surface area (Å²) in [7, 11) is 4.21. The number of hydrogen-bond acceptors (Lipinski definition) is 2. The van der Waals surface area contributed by atoms with E-state index in [-0.39, 0.29) is 12.0 Å². The van der Waals surface area contributed by atoms with Gasteiger partial charge < -0.3 is 10.0 Å². The van der Waals surface area contributed by atoms with Crippen LogP contribution < -0.4 is 0 Å². The van der Waals surface area contributed by atoms with Gasteiger partial charge in [0.05, 0.1) is 5.60 Å². The zero-order valence-electron chi connectivity index (χ0n) is 14.5. The van der Waals surface area contributed by atoms with E-state index in [1.807, 2.05) is 30.3 Å². The van der Waals surface area contributed by atoms with Crippen molar-refractivity contribution in [3.05, 3.63) is 70.7 Å². The fourth-order valence-corrected chi connectivity index (χ4v) is 4.37. The third-order valence-corrected chi connectivity index (χ3v) is 5.61. The van der Waals surface area contributed by atoms with E-state index < -0.39 is 5.60 Å². The Balaban J connectivity index is 2.03. The van der Waals surface area contributed by atoms with Gasteiger partial charge in [0, 0.05) is 17.0 Å². The molecule has 0 saturated heterocycles. The largest absolute Gasteiger partial charge is 0.385 e. The van der Waals surface area contributed by atoms with E-state index in [0.29, 0.717) is 5.02 Å². The highest BCUT2D eigenvalue weighted by Gasteiger charge is 2.45. The van der Waals surface area contributed by atoms with Crippen molar-refractivity contribution >= 4 is 11.6 Å². The van der Waals surface area contributed by atoms with Gasteiger partial charge in [0.1, 0.15) is 0 Å². The lowest BCUT2D eigenvalue weighted by Crippen LogP contribution is -2.45. The Morgan fingerprint density at radius 3 is 2.33 bits per heavy atom. The molecular formula is C21H26ClNO. The summed E-state index contributed by atoms with van der Waals surface area (Å²) in [6, 6.07) is 18.5. The van der Waals surface area contributed by atoms with E-state index in [2.05, 4.69) is 43.3 Å². The summed E-state index contributed by atoms with van der Waals surface area (Å²) < 4.78 is 0. The molecule has 3 atom stereocenters. The first-order valence-electron chi connectivity index (χ1n) is 8.72. The predicted octanol–water partition coefficient (Wildman–Crippen LogP) is 5.02. The molecule has 2 nitrogen and oxygen atoms in total. The summed E-state index contributed by atoms with van der Waals surface area (Å²) in [4.78, 5) is 2.24. The number of nitrogens with zero attached hydrogens (tertiary/aromatic N) is 1. The molecule has 2 aromatic carbocycles. The maximum Gasteiger partial charge on any atom is 0.0942 e. The number of aliphatic hydroxyl groups is 1. The van der Waals surface area contributed by atoms with Crippen LogP contribution in [0.25, 0.3) is 0 Å². The quantitative estimate of drug-likeness (QED) is 0.842. The smallest absolute Gasteiger partial charge is 0.0942 e. The van der Waals surface area contributed by atoms with Crippen LogP contribution in [-0.4, -0.2) is 24.1 Å². The predicted molar refractivity (Wildman–Crippen MR) is 100 cm³/mol. The van der Waals surface area contributed by atoms with Crippen molar-refractivity contribution in [2.24, 2.45) is 5.92 Å². The van der Waals surface area contributed by atoms with Gasteiger partial charge in [-0.3, -0.25) is 0 Å².